The van der Waals surface area contributed by atoms with Gasteiger partial charge in [-0.15, -0.1) is 0 Å². The molecule has 1 aliphatic rings. The molecule has 0 N–H and O–H groups in total. The molecule has 0 saturated carbocycles. The molecule has 0 bridgehead atoms. The van der Waals surface area contributed by atoms with Crippen molar-refractivity contribution in [2.75, 3.05) is 32.8 Å². The number of morpholine rings is 1. The van der Waals surface area contributed by atoms with E-state index >= 15 is 0 Å². The van der Waals surface area contributed by atoms with Crippen LogP contribution in [-0.2, 0) is 11.2 Å². The molecule has 0 spiro atoms. The Morgan fingerprint density at radius 1 is 1.08 bits per heavy atom. The summed E-state index contributed by atoms with van der Waals surface area (Å²) in [5.74, 6) is 0. The van der Waals surface area contributed by atoms with Crippen LogP contribution >= 0.6 is 11.6 Å². The maximum absolute atomic E-state index is 6.33. The van der Waals surface area contributed by atoms with E-state index in [0.29, 0.717) is 5.15 Å². The van der Waals surface area contributed by atoms with Crippen LogP contribution in [0.25, 0.3) is 16.6 Å². The summed E-state index contributed by atoms with van der Waals surface area (Å²) in [6, 6.07) is 14.6. The third-order valence-corrected chi connectivity index (χ3v) is 4.86. The Morgan fingerprint density at radius 2 is 1.88 bits per heavy atom. The highest BCUT2D eigenvalue weighted by molar-refractivity contribution is 6.34. The summed E-state index contributed by atoms with van der Waals surface area (Å²) in [6.45, 7) is 4.70. The Hall–Kier alpha value is -1.88. The van der Waals surface area contributed by atoms with E-state index in [-0.39, 0.29) is 0 Å². The van der Waals surface area contributed by atoms with Crippen LogP contribution < -0.4 is 0 Å². The molecule has 1 fully saturated rings. The Kier molecular flexibility index (Phi) is 4.52. The molecular formula is C19H20ClN3O. The number of rotatable bonds is 4. The van der Waals surface area contributed by atoms with Crippen molar-refractivity contribution in [2.45, 2.75) is 6.42 Å². The monoisotopic (exact) mass is 341 g/mol. The number of para-hydroxylation sites is 1. The third kappa shape index (κ3) is 3.05. The predicted octanol–water partition coefficient (Wildman–Crippen LogP) is 3.55. The first-order valence-electron chi connectivity index (χ1n) is 8.33. The van der Waals surface area contributed by atoms with Gasteiger partial charge in [-0.25, -0.2) is 4.98 Å². The molecule has 2 aromatic heterocycles. The lowest BCUT2D eigenvalue weighted by Gasteiger charge is -2.26. The highest BCUT2D eigenvalue weighted by atomic mass is 35.5. The molecule has 0 atom stereocenters. The van der Waals surface area contributed by atoms with Gasteiger partial charge in [0.25, 0.3) is 0 Å². The normalized spacial score (nSPS) is 15.9. The molecule has 1 aromatic carbocycles. The topological polar surface area (TPSA) is 30.3 Å². The van der Waals surface area contributed by atoms with E-state index in [1.807, 2.05) is 12.1 Å². The average molecular weight is 342 g/mol. The number of aromatic nitrogens is 2. The van der Waals surface area contributed by atoms with Gasteiger partial charge >= 0.3 is 0 Å². The zero-order valence-electron chi connectivity index (χ0n) is 13.5. The fourth-order valence-electron chi connectivity index (χ4n) is 3.32. The van der Waals surface area contributed by atoms with Crippen LogP contribution in [0.1, 0.15) is 5.69 Å². The highest BCUT2D eigenvalue weighted by Crippen LogP contribution is 2.28. The Bertz CT molecular complexity index is 825. The third-order valence-electron chi connectivity index (χ3n) is 4.56. The van der Waals surface area contributed by atoms with Crippen LogP contribution in [0.3, 0.4) is 0 Å². The van der Waals surface area contributed by atoms with E-state index in [1.54, 1.807) is 6.20 Å². The van der Waals surface area contributed by atoms with E-state index in [0.717, 1.165) is 55.9 Å². The van der Waals surface area contributed by atoms with Gasteiger partial charge in [0.15, 0.2) is 0 Å². The lowest BCUT2D eigenvalue weighted by atomic mass is 10.2. The zero-order chi connectivity index (χ0) is 16.4. The van der Waals surface area contributed by atoms with Crippen LogP contribution in [-0.4, -0.2) is 47.3 Å². The number of hydrogen-bond donors (Lipinski definition) is 0. The summed E-state index contributed by atoms with van der Waals surface area (Å²) < 4.78 is 7.73. The summed E-state index contributed by atoms with van der Waals surface area (Å²) >= 11 is 6.33. The Labute approximate surface area is 146 Å². The molecule has 5 heteroatoms. The molecule has 4 nitrogen and oxygen atoms in total. The number of ether oxygens (including phenoxy) is 1. The summed E-state index contributed by atoms with van der Waals surface area (Å²) in [6.07, 6.45) is 2.75. The number of nitrogens with zero attached hydrogens (tertiary/aromatic N) is 3. The molecule has 124 valence electrons. The van der Waals surface area contributed by atoms with Gasteiger partial charge in [-0.05, 0) is 24.3 Å². The van der Waals surface area contributed by atoms with Gasteiger partial charge in [0.1, 0.15) is 5.15 Å². The molecular weight excluding hydrogens is 322 g/mol. The van der Waals surface area contributed by atoms with Gasteiger partial charge in [-0.2, -0.15) is 0 Å². The lowest BCUT2D eigenvalue weighted by molar-refractivity contribution is 0.0383. The number of halogens is 1. The molecule has 3 heterocycles. The minimum atomic E-state index is 0.565. The second kappa shape index (κ2) is 6.93. The summed E-state index contributed by atoms with van der Waals surface area (Å²) in [5, 5.41) is 1.58. The Balaban J connectivity index is 1.72. The van der Waals surface area contributed by atoms with Crippen molar-refractivity contribution in [2.24, 2.45) is 0 Å². The van der Waals surface area contributed by atoms with Crippen LogP contribution in [0.15, 0.2) is 48.7 Å². The van der Waals surface area contributed by atoms with Gasteiger partial charge in [-0.3, -0.25) is 4.90 Å². The number of benzene rings is 1. The summed E-state index contributed by atoms with van der Waals surface area (Å²) in [5.41, 5.74) is 3.53. The van der Waals surface area contributed by atoms with Crippen molar-refractivity contribution >= 4 is 22.5 Å². The largest absolute Gasteiger partial charge is 0.379 e. The highest BCUT2D eigenvalue weighted by Gasteiger charge is 2.15. The molecule has 0 amide bonds. The van der Waals surface area contributed by atoms with Crippen LogP contribution in [0, 0.1) is 0 Å². The first kappa shape index (κ1) is 15.6. The molecule has 24 heavy (non-hydrogen) atoms. The van der Waals surface area contributed by atoms with Crippen LogP contribution in [0.4, 0.5) is 0 Å². The van der Waals surface area contributed by atoms with Gasteiger partial charge in [0.05, 0.1) is 18.7 Å². The van der Waals surface area contributed by atoms with Crippen LogP contribution in [0.5, 0.6) is 0 Å². The van der Waals surface area contributed by atoms with E-state index in [4.69, 9.17) is 16.3 Å². The summed E-state index contributed by atoms with van der Waals surface area (Å²) in [7, 11) is 0. The minimum Gasteiger partial charge on any atom is -0.379 e. The van der Waals surface area contributed by atoms with E-state index < -0.39 is 0 Å². The van der Waals surface area contributed by atoms with Crippen molar-refractivity contribution in [3.05, 3.63) is 59.5 Å². The van der Waals surface area contributed by atoms with E-state index in [9.17, 15) is 0 Å². The maximum atomic E-state index is 6.33. The maximum Gasteiger partial charge on any atom is 0.138 e. The molecule has 0 unspecified atom stereocenters. The van der Waals surface area contributed by atoms with Crippen molar-refractivity contribution in [3.8, 4) is 5.69 Å². The SMILES string of the molecule is Clc1nccc2c1cc(CCN1CCOCC1)n2-c1ccccc1. The van der Waals surface area contributed by atoms with Crippen molar-refractivity contribution in [3.63, 3.8) is 0 Å². The van der Waals surface area contributed by atoms with Gasteiger partial charge < -0.3 is 9.30 Å². The number of fused-ring (bicyclic) bond motifs is 1. The fourth-order valence-corrected chi connectivity index (χ4v) is 3.52. The van der Waals surface area contributed by atoms with Gasteiger partial charge in [0.2, 0.25) is 0 Å². The van der Waals surface area contributed by atoms with E-state index in [2.05, 4.69) is 44.8 Å². The number of pyridine rings is 1. The molecule has 3 aromatic rings. The average Bonchev–Trinajstić information content (AvgIpc) is 3.01. The molecule has 1 aliphatic heterocycles. The molecule has 4 rings (SSSR count). The summed E-state index contributed by atoms with van der Waals surface area (Å²) in [4.78, 5) is 6.69. The van der Waals surface area contributed by atoms with Gasteiger partial charge in [-0.1, -0.05) is 29.8 Å². The molecule has 1 saturated heterocycles. The first-order chi connectivity index (χ1) is 11.8. The van der Waals surface area contributed by atoms with Crippen molar-refractivity contribution in [1.29, 1.82) is 0 Å². The first-order valence-corrected chi connectivity index (χ1v) is 8.71. The van der Waals surface area contributed by atoms with Crippen molar-refractivity contribution < 1.29 is 4.74 Å². The predicted molar refractivity (Wildman–Crippen MR) is 97.0 cm³/mol. The smallest absolute Gasteiger partial charge is 0.138 e. The fraction of sp³-hybridized carbons (Fsp3) is 0.316. The standard InChI is InChI=1S/C19H20ClN3O/c20-19-17-14-16(7-9-22-10-12-24-13-11-22)23(18(17)6-8-21-19)15-4-2-1-3-5-15/h1-6,8,14H,7,9-13H2. The second-order valence-electron chi connectivity index (χ2n) is 6.05. The Morgan fingerprint density at radius 3 is 2.67 bits per heavy atom. The number of hydrogen-bond acceptors (Lipinski definition) is 3. The molecule has 0 radical (unpaired) electrons. The van der Waals surface area contributed by atoms with Crippen LogP contribution in [0.2, 0.25) is 5.15 Å². The quantitative estimate of drug-likeness (QED) is 0.680. The second-order valence-corrected chi connectivity index (χ2v) is 6.40. The van der Waals surface area contributed by atoms with E-state index in [1.165, 1.54) is 5.69 Å². The molecule has 0 aliphatic carbocycles. The van der Waals surface area contributed by atoms with Crippen molar-refractivity contribution in [1.82, 2.24) is 14.5 Å². The van der Waals surface area contributed by atoms with Gasteiger partial charge in [0, 0.05) is 49.0 Å². The minimum absolute atomic E-state index is 0.565. The lowest BCUT2D eigenvalue weighted by Crippen LogP contribution is -2.37. The zero-order valence-corrected chi connectivity index (χ0v) is 14.2.